The van der Waals surface area contributed by atoms with E-state index in [0.717, 1.165) is 5.56 Å². The fourth-order valence-electron chi connectivity index (χ4n) is 2.83. The number of ether oxygens (including phenoxy) is 1. The topological polar surface area (TPSA) is 31.2 Å². The quantitative estimate of drug-likeness (QED) is 0.735. The molecule has 0 aliphatic heterocycles. The number of para-hydroxylation sites is 1. The van der Waals surface area contributed by atoms with Crippen LogP contribution in [0.25, 0.3) is 22.0 Å². The number of aryl methyl sites for hydroxylation is 1. The lowest BCUT2D eigenvalue weighted by atomic mass is 9.99. The molecule has 0 fully saturated rings. The molecule has 3 aromatic rings. The second kappa shape index (κ2) is 5.64. The third-order valence-electron chi connectivity index (χ3n) is 3.78. The van der Waals surface area contributed by atoms with Crippen LogP contribution in [0.5, 0.6) is 5.75 Å². The highest BCUT2D eigenvalue weighted by atomic mass is 19.1. The Morgan fingerprint density at radius 2 is 1.82 bits per heavy atom. The van der Waals surface area contributed by atoms with Gasteiger partial charge in [-0.2, -0.15) is 0 Å². The molecule has 0 atom stereocenters. The number of aromatic nitrogens is 1. The maximum absolute atomic E-state index is 14.3. The van der Waals surface area contributed by atoms with Crippen molar-refractivity contribution in [1.29, 1.82) is 0 Å². The van der Waals surface area contributed by atoms with E-state index in [1.54, 1.807) is 6.07 Å². The first-order valence-corrected chi connectivity index (χ1v) is 7.13. The lowest BCUT2D eigenvalue weighted by Gasteiger charge is -2.16. The Morgan fingerprint density at radius 1 is 1.09 bits per heavy atom. The van der Waals surface area contributed by atoms with Crippen molar-refractivity contribution in [2.24, 2.45) is 0 Å². The molecule has 1 aromatic heterocycles. The molecule has 3 nitrogen and oxygen atoms in total. The zero-order valence-electron chi connectivity index (χ0n) is 12.5. The van der Waals surface area contributed by atoms with E-state index in [1.807, 2.05) is 43.3 Å². The Kier molecular flexibility index (Phi) is 3.67. The van der Waals surface area contributed by atoms with Crippen molar-refractivity contribution < 1.29 is 9.13 Å². The van der Waals surface area contributed by atoms with Gasteiger partial charge in [0.15, 0.2) is 5.75 Å². The monoisotopic (exact) mass is 297 g/mol. The molecule has 0 N–H and O–H groups in total. The van der Waals surface area contributed by atoms with Gasteiger partial charge in [-0.15, -0.1) is 0 Å². The summed E-state index contributed by atoms with van der Waals surface area (Å²) in [7, 11) is 1.47. The van der Waals surface area contributed by atoms with E-state index >= 15 is 0 Å². The van der Waals surface area contributed by atoms with Crippen LogP contribution in [0.15, 0.2) is 53.3 Å². The van der Waals surface area contributed by atoms with E-state index < -0.39 is 5.82 Å². The van der Waals surface area contributed by atoms with Crippen LogP contribution in [0.1, 0.15) is 6.92 Å². The highest BCUT2D eigenvalue weighted by molar-refractivity contribution is 5.98. The Bertz CT molecular complexity index is 885. The Balaban J connectivity index is 2.56. The van der Waals surface area contributed by atoms with Gasteiger partial charge in [0.1, 0.15) is 5.82 Å². The number of hydrogen-bond acceptors (Lipinski definition) is 2. The average Bonchev–Trinajstić information content (AvgIpc) is 2.55. The van der Waals surface area contributed by atoms with Crippen molar-refractivity contribution in [3.63, 3.8) is 0 Å². The molecule has 22 heavy (non-hydrogen) atoms. The SMILES string of the molecule is CCn1c(=O)c(OC)c(-c2ccccc2)c2cccc(F)c21. The molecule has 0 aliphatic carbocycles. The summed E-state index contributed by atoms with van der Waals surface area (Å²) >= 11 is 0. The van der Waals surface area contributed by atoms with E-state index in [4.69, 9.17) is 4.74 Å². The summed E-state index contributed by atoms with van der Waals surface area (Å²) in [6.45, 7) is 2.19. The molecule has 0 radical (unpaired) electrons. The van der Waals surface area contributed by atoms with Gasteiger partial charge in [-0.1, -0.05) is 42.5 Å². The van der Waals surface area contributed by atoms with Crippen LogP contribution in [0, 0.1) is 5.82 Å². The molecule has 4 heteroatoms. The lowest BCUT2D eigenvalue weighted by molar-refractivity contribution is 0.406. The molecule has 1 heterocycles. The van der Waals surface area contributed by atoms with Gasteiger partial charge in [0.05, 0.1) is 12.6 Å². The number of fused-ring (bicyclic) bond motifs is 1. The van der Waals surface area contributed by atoms with Crippen molar-refractivity contribution in [2.45, 2.75) is 13.5 Å². The van der Waals surface area contributed by atoms with Gasteiger partial charge in [0.2, 0.25) is 0 Å². The van der Waals surface area contributed by atoms with Crippen molar-refractivity contribution in [3.05, 3.63) is 64.7 Å². The largest absolute Gasteiger partial charge is 0.491 e. The maximum Gasteiger partial charge on any atom is 0.294 e. The van der Waals surface area contributed by atoms with Gasteiger partial charge >= 0.3 is 0 Å². The Hall–Kier alpha value is -2.62. The minimum atomic E-state index is -0.406. The van der Waals surface area contributed by atoms with E-state index in [1.165, 1.54) is 17.7 Å². The molecule has 0 saturated carbocycles. The van der Waals surface area contributed by atoms with Gasteiger partial charge in [-0.3, -0.25) is 4.79 Å². The molecule has 0 unspecified atom stereocenters. The molecule has 0 bridgehead atoms. The van der Waals surface area contributed by atoms with Crippen molar-refractivity contribution in [1.82, 2.24) is 4.57 Å². The molecule has 2 aromatic carbocycles. The fraction of sp³-hybridized carbons (Fsp3) is 0.167. The average molecular weight is 297 g/mol. The fourth-order valence-corrected chi connectivity index (χ4v) is 2.83. The van der Waals surface area contributed by atoms with Crippen LogP contribution in [-0.4, -0.2) is 11.7 Å². The molecule has 0 amide bonds. The van der Waals surface area contributed by atoms with Crippen molar-refractivity contribution in [2.75, 3.05) is 7.11 Å². The van der Waals surface area contributed by atoms with Crippen LogP contribution in [0.3, 0.4) is 0 Å². The third-order valence-corrected chi connectivity index (χ3v) is 3.78. The van der Waals surface area contributed by atoms with Crippen LogP contribution in [0.2, 0.25) is 0 Å². The number of rotatable bonds is 3. The van der Waals surface area contributed by atoms with Crippen molar-refractivity contribution in [3.8, 4) is 16.9 Å². The molecule has 0 spiro atoms. The summed E-state index contributed by atoms with van der Waals surface area (Å²) in [6, 6.07) is 14.3. The summed E-state index contributed by atoms with van der Waals surface area (Å²) in [5, 5.41) is 0.671. The minimum Gasteiger partial charge on any atom is -0.491 e. The van der Waals surface area contributed by atoms with E-state index in [-0.39, 0.29) is 11.3 Å². The zero-order valence-corrected chi connectivity index (χ0v) is 12.5. The molecular formula is C18H16FNO2. The van der Waals surface area contributed by atoms with Gasteiger partial charge in [0.25, 0.3) is 5.56 Å². The highest BCUT2D eigenvalue weighted by Crippen LogP contribution is 2.35. The third kappa shape index (κ3) is 2.08. The van der Waals surface area contributed by atoms with Crippen molar-refractivity contribution >= 4 is 10.9 Å². The second-order valence-electron chi connectivity index (χ2n) is 4.96. The summed E-state index contributed by atoms with van der Waals surface area (Å²) in [5.41, 5.74) is 1.46. The highest BCUT2D eigenvalue weighted by Gasteiger charge is 2.20. The van der Waals surface area contributed by atoms with E-state index in [2.05, 4.69) is 0 Å². The molecule has 0 aliphatic rings. The van der Waals surface area contributed by atoms with E-state index in [9.17, 15) is 9.18 Å². The molecule has 0 saturated heterocycles. The van der Waals surface area contributed by atoms with Crippen LogP contribution < -0.4 is 10.3 Å². The zero-order chi connectivity index (χ0) is 15.7. The predicted molar refractivity (Wildman–Crippen MR) is 85.8 cm³/mol. The standard InChI is InChI=1S/C18H16FNO2/c1-3-20-16-13(10-7-11-14(16)19)15(17(22-2)18(20)21)12-8-5-4-6-9-12/h4-11H,3H2,1-2H3. The normalized spacial score (nSPS) is 10.9. The smallest absolute Gasteiger partial charge is 0.294 e. The summed E-state index contributed by atoms with van der Waals surface area (Å²) in [5.74, 6) is -0.164. The van der Waals surface area contributed by atoms with E-state index in [0.29, 0.717) is 23.0 Å². The minimum absolute atomic E-state index is 0.242. The second-order valence-corrected chi connectivity index (χ2v) is 4.96. The molecule has 3 rings (SSSR count). The van der Waals surface area contributed by atoms with Gasteiger partial charge in [-0.05, 0) is 18.6 Å². The number of halogens is 1. The summed E-state index contributed by atoms with van der Waals surface area (Å²) < 4.78 is 21.1. The Labute approximate surface area is 127 Å². The first kappa shape index (κ1) is 14.3. The van der Waals surface area contributed by atoms with Crippen LogP contribution in [-0.2, 0) is 6.54 Å². The van der Waals surface area contributed by atoms with Crippen LogP contribution >= 0.6 is 0 Å². The predicted octanol–water partition coefficient (Wildman–Crippen LogP) is 3.84. The Morgan fingerprint density at radius 3 is 2.45 bits per heavy atom. The number of benzene rings is 2. The maximum atomic E-state index is 14.3. The number of hydrogen-bond donors (Lipinski definition) is 0. The first-order chi connectivity index (χ1) is 10.7. The van der Waals surface area contributed by atoms with Gasteiger partial charge in [-0.25, -0.2) is 4.39 Å². The number of nitrogens with zero attached hydrogens (tertiary/aromatic N) is 1. The molecular weight excluding hydrogens is 281 g/mol. The summed E-state index contributed by atoms with van der Waals surface area (Å²) in [6.07, 6.45) is 0. The van der Waals surface area contributed by atoms with Gasteiger partial charge < -0.3 is 9.30 Å². The number of pyridine rings is 1. The number of methoxy groups -OCH3 is 1. The first-order valence-electron chi connectivity index (χ1n) is 7.13. The van der Waals surface area contributed by atoms with Crippen LogP contribution in [0.4, 0.5) is 4.39 Å². The van der Waals surface area contributed by atoms with Gasteiger partial charge in [0, 0.05) is 17.5 Å². The molecule has 112 valence electrons. The summed E-state index contributed by atoms with van der Waals surface area (Å²) in [4.78, 5) is 12.7. The lowest BCUT2D eigenvalue weighted by Crippen LogP contribution is -2.22.